The number of ether oxygens (including phenoxy) is 1. The van der Waals surface area contributed by atoms with Gasteiger partial charge >= 0.3 is 0 Å². The normalized spacial score (nSPS) is 27.7. The highest BCUT2D eigenvalue weighted by molar-refractivity contribution is 6.02. The minimum atomic E-state index is -1.53. The van der Waals surface area contributed by atoms with E-state index in [-0.39, 0.29) is 12.2 Å². The van der Waals surface area contributed by atoms with Crippen LogP contribution in [-0.2, 0) is 4.74 Å². The second kappa shape index (κ2) is 8.57. The molecule has 28 heavy (non-hydrogen) atoms. The number of rotatable bonds is 3. The first-order chi connectivity index (χ1) is 13.5. The predicted octanol–water partition coefficient (Wildman–Crippen LogP) is -2.04. The third-order valence-electron chi connectivity index (χ3n) is 4.33. The number of carbonyl (C=O) groups is 1. The molecule has 148 valence electrons. The van der Waals surface area contributed by atoms with E-state index in [0.717, 1.165) is 6.21 Å². The summed E-state index contributed by atoms with van der Waals surface area (Å²) in [4.78, 5) is 15.7. The van der Waals surface area contributed by atoms with Gasteiger partial charge in [-0.2, -0.15) is 5.10 Å². The van der Waals surface area contributed by atoms with E-state index in [4.69, 9.17) is 9.84 Å². The molecule has 1 aromatic heterocycles. The summed E-state index contributed by atoms with van der Waals surface area (Å²) in [5.74, 6) is 4.85. The Morgan fingerprint density at radius 1 is 1.25 bits per heavy atom. The zero-order valence-electron chi connectivity index (χ0n) is 14.6. The SMILES string of the molecule is O=C(N=CCO)c1cc(C#C[C@H]2O[C@H](CO)[C@@H](O)[C@H](O)[C@@H]2O)c2[nH]ncc2c1. The first-order valence-corrected chi connectivity index (χ1v) is 8.43. The maximum Gasteiger partial charge on any atom is 0.276 e. The van der Waals surface area contributed by atoms with E-state index >= 15 is 0 Å². The zero-order valence-corrected chi connectivity index (χ0v) is 14.6. The minimum absolute atomic E-state index is 0.219. The van der Waals surface area contributed by atoms with E-state index < -0.39 is 43.0 Å². The molecular formula is C18H19N3O7. The Bertz CT molecular complexity index is 944. The average molecular weight is 389 g/mol. The van der Waals surface area contributed by atoms with Gasteiger partial charge in [-0.05, 0) is 12.1 Å². The summed E-state index contributed by atoms with van der Waals surface area (Å²) in [5, 5.41) is 55.0. The maximum atomic E-state index is 12.1. The summed E-state index contributed by atoms with van der Waals surface area (Å²) in [7, 11) is 0. The number of nitrogens with zero attached hydrogens (tertiary/aromatic N) is 2. The first-order valence-electron chi connectivity index (χ1n) is 8.43. The number of aliphatic hydroxyl groups excluding tert-OH is 5. The third-order valence-corrected chi connectivity index (χ3v) is 4.33. The molecule has 0 spiro atoms. The number of hydrogen-bond donors (Lipinski definition) is 6. The molecule has 10 heteroatoms. The van der Waals surface area contributed by atoms with E-state index in [0.29, 0.717) is 16.5 Å². The number of aromatic amines is 1. The number of nitrogens with one attached hydrogen (secondary N) is 1. The van der Waals surface area contributed by atoms with Gasteiger partial charge in [-0.15, -0.1) is 0 Å². The van der Waals surface area contributed by atoms with Gasteiger partial charge in [0.15, 0.2) is 0 Å². The molecule has 6 N–H and O–H groups in total. The number of carbonyl (C=O) groups excluding carboxylic acids is 1. The molecule has 2 heterocycles. The molecule has 5 atom stereocenters. The van der Waals surface area contributed by atoms with Crippen LogP contribution in [-0.4, -0.2) is 91.6 Å². The Balaban J connectivity index is 1.95. The summed E-state index contributed by atoms with van der Waals surface area (Å²) in [6.45, 7) is -0.926. The smallest absolute Gasteiger partial charge is 0.276 e. The fourth-order valence-corrected chi connectivity index (χ4v) is 2.85. The van der Waals surface area contributed by atoms with Crippen LogP contribution in [0, 0.1) is 11.8 Å². The molecule has 1 aromatic carbocycles. The Hall–Kier alpha value is -2.65. The van der Waals surface area contributed by atoms with Crippen LogP contribution in [0.3, 0.4) is 0 Å². The number of benzene rings is 1. The van der Waals surface area contributed by atoms with Crippen LogP contribution in [0.2, 0.25) is 0 Å². The number of H-pyrrole nitrogens is 1. The third kappa shape index (κ3) is 3.95. The van der Waals surface area contributed by atoms with E-state index in [1.165, 1.54) is 12.3 Å². The minimum Gasteiger partial charge on any atom is -0.394 e. The number of aliphatic hydroxyl groups is 5. The fraction of sp³-hybridized carbons (Fsp3) is 0.389. The van der Waals surface area contributed by atoms with E-state index in [2.05, 4.69) is 27.0 Å². The summed E-state index contributed by atoms with van der Waals surface area (Å²) in [6.07, 6.45) is -4.14. The quantitative estimate of drug-likeness (QED) is 0.258. The highest BCUT2D eigenvalue weighted by Gasteiger charge is 2.42. The molecule has 1 saturated heterocycles. The van der Waals surface area contributed by atoms with Crippen LogP contribution in [0.25, 0.3) is 10.9 Å². The molecule has 0 saturated carbocycles. The number of hydrogen-bond acceptors (Lipinski definition) is 8. The summed E-state index contributed by atoms with van der Waals surface area (Å²) >= 11 is 0. The molecule has 1 amide bonds. The molecule has 0 radical (unpaired) electrons. The summed E-state index contributed by atoms with van der Waals surface area (Å²) in [5.41, 5.74) is 1.13. The molecule has 0 aliphatic carbocycles. The lowest BCUT2D eigenvalue weighted by molar-refractivity contribution is -0.214. The molecule has 0 unspecified atom stereocenters. The molecule has 3 rings (SSSR count). The van der Waals surface area contributed by atoms with Gasteiger partial charge in [-0.25, -0.2) is 4.99 Å². The molecular weight excluding hydrogens is 370 g/mol. The second-order valence-corrected chi connectivity index (χ2v) is 6.18. The van der Waals surface area contributed by atoms with Crippen molar-refractivity contribution in [3.63, 3.8) is 0 Å². The number of amides is 1. The van der Waals surface area contributed by atoms with Crippen molar-refractivity contribution in [1.82, 2.24) is 10.2 Å². The van der Waals surface area contributed by atoms with Gasteiger partial charge in [-0.3, -0.25) is 9.89 Å². The summed E-state index contributed by atoms with van der Waals surface area (Å²) < 4.78 is 5.35. The van der Waals surface area contributed by atoms with Crippen LogP contribution in [0.1, 0.15) is 15.9 Å². The van der Waals surface area contributed by atoms with Crippen molar-refractivity contribution in [3.8, 4) is 11.8 Å². The average Bonchev–Trinajstić information content (AvgIpc) is 3.18. The monoisotopic (exact) mass is 389 g/mol. The highest BCUT2D eigenvalue weighted by Crippen LogP contribution is 2.22. The zero-order chi connectivity index (χ0) is 20.3. The molecule has 1 aliphatic rings. The van der Waals surface area contributed by atoms with Crippen LogP contribution >= 0.6 is 0 Å². The molecule has 10 nitrogen and oxygen atoms in total. The van der Waals surface area contributed by atoms with Crippen molar-refractivity contribution in [3.05, 3.63) is 29.5 Å². The molecule has 0 bridgehead atoms. The highest BCUT2D eigenvalue weighted by atomic mass is 16.5. The number of aliphatic imine (C=N–C) groups is 1. The van der Waals surface area contributed by atoms with Gasteiger partial charge in [0.1, 0.15) is 30.5 Å². The fourth-order valence-electron chi connectivity index (χ4n) is 2.85. The Kier molecular flexibility index (Phi) is 6.15. The standard InChI is InChI=1S/C18H19N3O7/c22-4-3-19-18(27)10-5-9(14-11(6-10)7-20-21-14)1-2-12-15(24)17(26)16(25)13(8-23)28-12/h3,5-7,12-13,15-17,22-26H,4,8H2,(H,20,21)/t12-,13-,15-,16-,17-/m1/s1. The van der Waals surface area contributed by atoms with E-state index in [9.17, 15) is 25.2 Å². The Morgan fingerprint density at radius 2 is 2.04 bits per heavy atom. The van der Waals surface area contributed by atoms with Crippen molar-refractivity contribution in [2.45, 2.75) is 30.5 Å². The van der Waals surface area contributed by atoms with Crippen molar-refractivity contribution >= 4 is 23.0 Å². The molecule has 1 aliphatic heterocycles. The largest absolute Gasteiger partial charge is 0.394 e. The lowest BCUT2D eigenvalue weighted by Gasteiger charge is -2.37. The lowest BCUT2D eigenvalue weighted by atomic mass is 9.95. The molecule has 1 fully saturated rings. The van der Waals surface area contributed by atoms with Gasteiger partial charge in [0.05, 0.1) is 30.5 Å². The number of aromatic nitrogens is 2. The van der Waals surface area contributed by atoms with Gasteiger partial charge in [0, 0.05) is 17.2 Å². The van der Waals surface area contributed by atoms with Gasteiger partial charge < -0.3 is 30.3 Å². The summed E-state index contributed by atoms with van der Waals surface area (Å²) in [6, 6.07) is 3.03. The first kappa shape index (κ1) is 20.1. The van der Waals surface area contributed by atoms with E-state index in [1.54, 1.807) is 6.07 Å². The Morgan fingerprint density at radius 3 is 2.75 bits per heavy atom. The van der Waals surface area contributed by atoms with Crippen LogP contribution in [0.5, 0.6) is 0 Å². The van der Waals surface area contributed by atoms with Crippen molar-refractivity contribution in [1.29, 1.82) is 0 Å². The van der Waals surface area contributed by atoms with Crippen LogP contribution in [0.4, 0.5) is 0 Å². The van der Waals surface area contributed by atoms with Gasteiger partial charge in [0.25, 0.3) is 5.91 Å². The van der Waals surface area contributed by atoms with Crippen molar-refractivity contribution in [2.75, 3.05) is 13.2 Å². The van der Waals surface area contributed by atoms with Gasteiger partial charge in [-0.1, -0.05) is 11.8 Å². The van der Waals surface area contributed by atoms with E-state index in [1.807, 2.05) is 0 Å². The molecule has 2 aromatic rings. The predicted molar refractivity (Wildman–Crippen MR) is 96.6 cm³/mol. The van der Waals surface area contributed by atoms with Crippen molar-refractivity contribution in [2.24, 2.45) is 4.99 Å². The Labute approximate surface area is 159 Å². The van der Waals surface area contributed by atoms with Gasteiger partial charge in [0.2, 0.25) is 0 Å². The topological polar surface area (TPSA) is 168 Å². The second-order valence-electron chi connectivity index (χ2n) is 6.18. The number of fused-ring (bicyclic) bond motifs is 1. The maximum absolute atomic E-state index is 12.1. The van der Waals surface area contributed by atoms with Crippen LogP contribution < -0.4 is 0 Å². The van der Waals surface area contributed by atoms with Crippen LogP contribution in [0.15, 0.2) is 23.3 Å². The lowest BCUT2D eigenvalue weighted by Crippen LogP contribution is -2.58. The van der Waals surface area contributed by atoms with Crippen molar-refractivity contribution < 1.29 is 35.1 Å².